The van der Waals surface area contributed by atoms with Gasteiger partial charge in [0.25, 0.3) is 0 Å². The van der Waals surface area contributed by atoms with Crippen LogP contribution < -0.4 is 0 Å². The molecule has 0 unspecified atom stereocenters. The van der Waals surface area contributed by atoms with E-state index in [2.05, 4.69) is 0 Å². The summed E-state index contributed by atoms with van der Waals surface area (Å²) < 4.78 is 34.1. The van der Waals surface area contributed by atoms with Crippen LogP contribution in [0.3, 0.4) is 0 Å². The molecule has 0 saturated heterocycles. The van der Waals surface area contributed by atoms with Gasteiger partial charge in [0.15, 0.2) is 0 Å². The quantitative estimate of drug-likeness (QED) is 0.382. The largest absolute Gasteiger partial charge is 0.435 e. The molecule has 0 fully saturated rings. The third kappa shape index (κ3) is 2390. The summed E-state index contributed by atoms with van der Waals surface area (Å²) >= 11 is 0. The van der Waals surface area contributed by atoms with Crippen molar-refractivity contribution in [3.05, 3.63) is 0 Å². The Labute approximate surface area is 40.6 Å². The number of hydrogen-bond donors (Lipinski definition) is 1. The number of rotatable bonds is 0. The van der Waals surface area contributed by atoms with Gasteiger partial charge in [-0.05, 0) is 0 Å². The van der Waals surface area contributed by atoms with E-state index in [4.69, 9.17) is 13.0 Å². The van der Waals surface area contributed by atoms with E-state index >= 15 is 0 Å². The van der Waals surface area contributed by atoms with Crippen molar-refractivity contribution in [3.8, 4) is 0 Å². The van der Waals surface area contributed by atoms with Gasteiger partial charge in [-0.1, -0.05) is 3.89 Å². The molecule has 0 aliphatic rings. The third-order valence-corrected chi connectivity index (χ3v) is 0. The Balaban J connectivity index is 0. The zero-order valence-corrected chi connectivity index (χ0v) is 4.09. The zero-order chi connectivity index (χ0) is 4.50. The smallest absolute Gasteiger partial charge is 0.260 e. The molecule has 0 aliphatic heterocycles. The Morgan fingerprint density at radius 2 is 1.50 bits per heavy atom. The van der Waals surface area contributed by atoms with E-state index in [0.29, 0.717) is 0 Å². The van der Waals surface area contributed by atoms with Crippen molar-refractivity contribution in [1.29, 1.82) is 0 Å². The maximum Gasteiger partial charge on any atom is 0.435 e. The van der Waals surface area contributed by atoms with Crippen LogP contribution in [0.5, 0.6) is 0 Å². The second kappa shape index (κ2) is 2.33. The molecule has 0 saturated carbocycles. The molecule has 6 heteroatoms. The van der Waals surface area contributed by atoms with E-state index in [1.54, 1.807) is 0 Å². The van der Waals surface area contributed by atoms with Crippen LogP contribution in [0.25, 0.3) is 0 Å². The molecule has 0 rings (SSSR count). The van der Waals surface area contributed by atoms with Crippen LogP contribution in [0.1, 0.15) is 0 Å². The van der Waals surface area contributed by atoms with Crippen molar-refractivity contribution in [2.24, 2.45) is 0 Å². The second-order valence-corrected chi connectivity index (χ2v) is 1.24. The molecule has 0 aromatic carbocycles. The fourth-order valence-corrected chi connectivity index (χ4v) is 0. The normalized spacial score (nSPS) is 9.67. The Morgan fingerprint density at radius 1 is 1.50 bits per heavy atom. The summed E-state index contributed by atoms with van der Waals surface area (Å²) in [5.74, 6) is 0. The Hall–Kier alpha value is 0.130. The highest BCUT2D eigenvalue weighted by molar-refractivity contribution is 7.80. The first-order valence-electron chi connectivity index (χ1n) is 0.670. The summed E-state index contributed by atoms with van der Waals surface area (Å²) in [5, 5.41) is 0. The van der Waals surface area contributed by atoms with E-state index in [1.165, 1.54) is 0 Å². The molecule has 0 amide bonds. The molecule has 0 bridgehead atoms. The first-order valence-corrected chi connectivity index (χ1v) is 2.01. The van der Waals surface area contributed by atoms with Gasteiger partial charge in [0.2, 0.25) is 0 Å². The van der Waals surface area contributed by atoms with Gasteiger partial charge in [-0.2, -0.15) is 8.42 Å². The highest BCUT2D eigenvalue weighted by Gasteiger charge is 1.89. The fourth-order valence-electron chi connectivity index (χ4n) is 0. The maximum atomic E-state index is 10.2. The van der Waals surface area contributed by atoms with E-state index in [0.717, 1.165) is 0 Å². The van der Waals surface area contributed by atoms with Crippen LogP contribution in [0, 0.1) is 0 Å². The molecule has 6 heavy (non-hydrogen) atoms. The Morgan fingerprint density at radius 3 is 1.50 bits per heavy atom. The van der Waals surface area contributed by atoms with Gasteiger partial charge in [-0.15, -0.1) is 12.4 Å². The molecule has 0 heterocycles. The maximum absolute atomic E-state index is 10.2. The second-order valence-electron chi connectivity index (χ2n) is 0.412. The average molecular weight is 137 g/mol. The lowest BCUT2D eigenvalue weighted by Crippen LogP contribution is -1.80. The van der Waals surface area contributed by atoms with Crippen LogP contribution in [0.4, 0.5) is 3.89 Å². The predicted molar refractivity (Wildman–Crippen MR) is 19.9 cm³/mol. The van der Waals surface area contributed by atoms with Crippen LogP contribution in [-0.4, -0.2) is 13.0 Å². The molecule has 3 nitrogen and oxygen atoms in total. The summed E-state index contributed by atoms with van der Waals surface area (Å²) in [4.78, 5) is 0. The standard InChI is InChI=1S/ClH.FHO3S/c;1-5(2,3)4/h1H;(H,2,3,4). The minimum Gasteiger partial charge on any atom is -0.260 e. The molecule has 0 atom stereocenters. The summed E-state index contributed by atoms with van der Waals surface area (Å²) in [5.41, 5.74) is 0. The van der Waals surface area contributed by atoms with Crippen molar-refractivity contribution in [2.75, 3.05) is 0 Å². The minimum absolute atomic E-state index is 0. The monoisotopic (exact) mass is 136 g/mol. The van der Waals surface area contributed by atoms with Crippen LogP contribution in [0.15, 0.2) is 0 Å². The van der Waals surface area contributed by atoms with Crippen molar-refractivity contribution in [3.63, 3.8) is 0 Å². The van der Waals surface area contributed by atoms with E-state index in [-0.39, 0.29) is 12.4 Å². The van der Waals surface area contributed by atoms with Gasteiger partial charge in [-0.3, -0.25) is 4.55 Å². The highest BCUT2D eigenvalue weighted by atomic mass is 35.5. The van der Waals surface area contributed by atoms with Crippen molar-refractivity contribution >= 4 is 22.9 Å². The molecule has 0 aliphatic carbocycles. The van der Waals surface area contributed by atoms with Gasteiger partial charge in [0, 0.05) is 0 Å². The van der Waals surface area contributed by atoms with Crippen molar-refractivity contribution < 1.29 is 16.9 Å². The van der Waals surface area contributed by atoms with E-state index in [9.17, 15) is 3.89 Å². The van der Waals surface area contributed by atoms with E-state index in [1.807, 2.05) is 0 Å². The lowest BCUT2D eigenvalue weighted by atomic mass is 15.9. The van der Waals surface area contributed by atoms with Crippen LogP contribution >= 0.6 is 12.4 Å². The first-order chi connectivity index (χ1) is 2.00. The number of halogens is 2. The summed E-state index contributed by atoms with van der Waals surface area (Å²) in [6.45, 7) is 0. The average Bonchev–Trinajstić information content (AvgIpc) is 0.722. The number of hydrogen-bond acceptors (Lipinski definition) is 2. The molecule has 0 aromatic heterocycles. The summed E-state index contributed by atoms with van der Waals surface area (Å²) in [6, 6.07) is 0. The van der Waals surface area contributed by atoms with Crippen LogP contribution in [0.2, 0.25) is 0 Å². The topological polar surface area (TPSA) is 54.4 Å². The molecule has 1 N–H and O–H groups in total. The van der Waals surface area contributed by atoms with Gasteiger partial charge in [-0.25, -0.2) is 0 Å². The van der Waals surface area contributed by atoms with Crippen LogP contribution in [-0.2, 0) is 10.5 Å². The summed E-state index contributed by atoms with van der Waals surface area (Å²) in [7, 11) is -5.17. The first kappa shape index (κ1) is 9.46. The predicted octanol–water partition coefficient (Wildman–Crippen LogP) is 0.181. The van der Waals surface area contributed by atoms with Crippen molar-refractivity contribution in [2.45, 2.75) is 0 Å². The summed E-state index contributed by atoms with van der Waals surface area (Å²) in [6.07, 6.45) is 0. The molecular weight excluding hydrogens is 135 g/mol. The Bertz CT molecular complexity index is 94.0. The lowest BCUT2D eigenvalue weighted by molar-refractivity contribution is 0.435. The lowest BCUT2D eigenvalue weighted by Gasteiger charge is -1.63. The van der Waals surface area contributed by atoms with Crippen molar-refractivity contribution in [1.82, 2.24) is 0 Å². The SMILES string of the molecule is Cl.O=S(=O)(O)F. The molecular formula is H2ClFO3S. The van der Waals surface area contributed by atoms with Gasteiger partial charge in [0.05, 0.1) is 0 Å². The van der Waals surface area contributed by atoms with Gasteiger partial charge in [0.1, 0.15) is 0 Å². The highest BCUT2D eigenvalue weighted by Crippen LogP contribution is 1.74. The Kier molecular flexibility index (Phi) is 3.67. The van der Waals surface area contributed by atoms with E-state index < -0.39 is 10.5 Å². The fraction of sp³-hybridized carbons (Fsp3) is 0. The molecule has 40 valence electrons. The molecule has 0 radical (unpaired) electrons. The van der Waals surface area contributed by atoms with Gasteiger partial charge >= 0.3 is 10.5 Å². The minimum atomic E-state index is -5.17. The third-order valence-electron chi connectivity index (χ3n) is 0. The molecule has 0 spiro atoms. The zero-order valence-electron chi connectivity index (χ0n) is 2.46. The molecule has 0 aromatic rings. The van der Waals surface area contributed by atoms with Gasteiger partial charge < -0.3 is 0 Å².